The van der Waals surface area contributed by atoms with E-state index in [2.05, 4.69) is 0 Å². The fraction of sp³-hybridized carbons (Fsp3) is 0.200. The van der Waals surface area contributed by atoms with E-state index in [4.69, 9.17) is 10.2 Å². The summed E-state index contributed by atoms with van der Waals surface area (Å²) in [6.07, 6.45) is 0. The molecule has 1 aromatic heterocycles. The monoisotopic (exact) mass is 177 g/mol. The maximum atomic E-state index is 9.33. The lowest BCUT2D eigenvalue weighted by Crippen LogP contribution is -1.84. The molecule has 1 heterocycles. The molecular weight excluding hydrogens is 166 g/mol. The summed E-state index contributed by atoms with van der Waals surface area (Å²) in [5.74, 6) is 0.932. The van der Waals surface area contributed by atoms with Gasteiger partial charge in [-0.1, -0.05) is 0 Å². The predicted molar refractivity (Wildman–Crippen MR) is 51.8 cm³/mol. The largest absolute Gasteiger partial charge is 0.506 e. The maximum Gasteiger partial charge on any atom is 0.142 e. The number of hydrogen-bond acceptors (Lipinski definition) is 3. The molecule has 3 nitrogen and oxygen atoms in total. The van der Waals surface area contributed by atoms with E-state index in [1.54, 1.807) is 12.1 Å². The van der Waals surface area contributed by atoms with Crippen molar-refractivity contribution in [1.82, 2.24) is 0 Å². The standard InChI is InChI=1S/C10H11NO2/c1-5-6(2)13-10-4-9(12)8(11)3-7(5)10/h3-4,12H,11H2,1-2H3. The Bertz CT molecular complexity index is 471. The first-order valence-corrected chi connectivity index (χ1v) is 4.08. The first-order valence-electron chi connectivity index (χ1n) is 4.08. The number of anilines is 1. The molecule has 3 heteroatoms. The minimum atomic E-state index is 0.0706. The van der Waals surface area contributed by atoms with Crippen LogP contribution in [0.2, 0.25) is 0 Å². The molecule has 2 aromatic rings. The van der Waals surface area contributed by atoms with Crippen LogP contribution in [0.3, 0.4) is 0 Å². The van der Waals surface area contributed by atoms with Crippen molar-refractivity contribution in [2.24, 2.45) is 0 Å². The number of hydrogen-bond donors (Lipinski definition) is 2. The van der Waals surface area contributed by atoms with Crippen molar-refractivity contribution in [2.45, 2.75) is 13.8 Å². The van der Waals surface area contributed by atoms with Gasteiger partial charge in [-0.2, -0.15) is 0 Å². The summed E-state index contributed by atoms with van der Waals surface area (Å²) in [5.41, 5.74) is 7.71. The Kier molecular flexibility index (Phi) is 1.49. The number of nitrogen functional groups attached to an aromatic ring is 1. The van der Waals surface area contributed by atoms with Gasteiger partial charge in [-0.05, 0) is 25.5 Å². The minimum absolute atomic E-state index is 0.0706. The van der Waals surface area contributed by atoms with Gasteiger partial charge in [-0.3, -0.25) is 0 Å². The zero-order valence-corrected chi connectivity index (χ0v) is 7.59. The smallest absolute Gasteiger partial charge is 0.142 e. The van der Waals surface area contributed by atoms with Gasteiger partial charge in [0.15, 0.2) is 0 Å². The summed E-state index contributed by atoms with van der Waals surface area (Å²) in [6.45, 7) is 3.86. The number of aromatic hydroxyl groups is 1. The molecule has 0 saturated carbocycles. The molecule has 68 valence electrons. The van der Waals surface area contributed by atoms with Gasteiger partial charge in [0, 0.05) is 11.5 Å². The summed E-state index contributed by atoms with van der Waals surface area (Å²) in [7, 11) is 0. The van der Waals surface area contributed by atoms with Crippen LogP contribution < -0.4 is 5.73 Å². The maximum absolute atomic E-state index is 9.33. The third-order valence-corrected chi connectivity index (χ3v) is 2.32. The SMILES string of the molecule is Cc1oc2cc(O)c(N)cc2c1C. The quantitative estimate of drug-likeness (QED) is 0.479. The van der Waals surface area contributed by atoms with Gasteiger partial charge >= 0.3 is 0 Å². The van der Waals surface area contributed by atoms with Crippen molar-refractivity contribution >= 4 is 16.7 Å². The van der Waals surface area contributed by atoms with Crippen LogP contribution in [-0.2, 0) is 0 Å². The molecule has 0 saturated heterocycles. The highest BCUT2D eigenvalue weighted by Crippen LogP contribution is 2.31. The Morgan fingerprint density at radius 3 is 2.69 bits per heavy atom. The van der Waals surface area contributed by atoms with Gasteiger partial charge in [-0.25, -0.2) is 0 Å². The molecule has 0 radical (unpaired) electrons. The topological polar surface area (TPSA) is 59.4 Å². The summed E-state index contributed by atoms with van der Waals surface area (Å²) in [4.78, 5) is 0. The van der Waals surface area contributed by atoms with Gasteiger partial charge in [0.1, 0.15) is 17.1 Å². The molecule has 0 aliphatic heterocycles. The van der Waals surface area contributed by atoms with Crippen molar-refractivity contribution < 1.29 is 9.52 Å². The van der Waals surface area contributed by atoms with Gasteiger partial charge in [-0.15, -0.1) is 0 Å². The van der Waals surface area contributed by atoms with E-state index in [0.29, 0.717) is 11.3 Å². The number of benzene rings is 1. The van der Waals surface area contributed by atoms with E-state index >= 15 is 0 Å². The van der Waals surface area contributed by atoms with Gasteiger partial charge in [0.2, 0.25) is 0 Å². The lowest BCUT2D eigenvalue weighted by Gasteiger charge is -1.97. The zero-order chi connectivity index (χ0) is 9.59. The van der Waals surface area contributed by atoms with Crippen LogP contribution >= 0.6 is 0 Å². The lowest BCUT2D eigenvalue weighted by molar-refractivity contribution is 0.476. The fourth-order valence-corrected chi connectivity index (χ4v) is 1.39. The molecule has 2 rings (SSSR count). The molecule has 0 fully saturated rings. The van der Waals surface area contributed by atoms with Crippen LogP contribution in [0.15, 0.2) is 16.5 Å². The highest BCUT2D eigenvalue weighted by molar-refractivity contribution is 5.87. The average molecular weight is 177 g/mol. The third-order valence-electron chi connectivity index (χ3n) is 2.32. The Morgan fingerprint density at radius 1 is 1.31 bits per heavy atom. The van der Waals surface area contributed by atoms with Gasteiger partial charge in [0.25, 0.3) is 0 Å². The molecule has 0 unspecified atom stereocenters. The molecule has 0 amide bonds. The van der Waals surface area contributed by atoms with E-state index in [0.717, 1.165) is 16.7 Å². The normalized spacial score (nSPS) is 10.9. The Morgan fingerprint density at radius 2 is 2.00 bits per heavy atom. The minimum Gasteiger partial charge on any atom is -0.506 e. The number of aryl methyl sites for hydroxylation is 2. The van der Waals surface area contributed by atoms with Crippen LogP contribution in [-0.4, -0.2) is 5.11 Å². The summed E-state index contributed by atoms with van der Waals surface area (Å²) < 4.78 is 5.42. The first-order chi connectivity index (χ1) is 6.09. The van der Waals surface area contributed by atoms with E-state index in [1.165, 1.54) is 0 Å². The fourth-order valence-electron chi connectivity index (χ4n) is 1.39. The molecule has 0 bridgehead atoms. The number of fused-ring (bicyclic) bond motifs is 1. The lowest BCUT2D eigenvalue weighted by atomic mass is 10.1. The van der Waals surface area contributed by atoms with Crippen molar-refractivity contribution in [3.05, 3.63) is 23.5 Å². The van der Waals surface area contributed by atoms with Crippen LogP contribution in [0.4, 0.5) is 5.69 Å². The Balaban J connectivity index is 2.89. The van der Waals surface area contributed by atoms with Crippen LogP contribution in [0.1, 0.15) is 11.3 Å². The average Bonchev–Trinajstić information content (AvgIpc) is 2.32. The van der Waals surface area contributed by atoms with Crippen molar-refractivity contribution in [2.75, 3.05) is 5.73 Å². The van der Waals surface area contributed by atoms with Gasteiger partial charge in [0.05, 0.1) is 5.69 Å². The highest BCUT2D eigenvalue weighted by Gasteiger charge is 2.09. The first kappa shape index (κ1) is 7.98. The van der Waals surface area contributed by atoms with Crippen LogP contribution in [0, 0.1) is 13.8 Å². The second-order valence-corrected chi connectivity index (χ2v) is 3.19. The van der Waals surface area contributed by atoms with Crippen LogP contribution in [0.25, 0.3) is 11.0 Å². The number of phenols is 1. The molecule has 0 aliphatic carbocycles. The van der Waals surface area contributed by atoms with Gasteiger partial charge < -0.3 is 15.3 Å². The highest BCUT2D eigenvalue weighted by atomic mass is 16.3. The predicted octanol–water partition coefficient (Wildman–Crippen LogP) is 2.34. The molecule has 0 spiro atoms. The van der Waals surface area contributed by atoms with Crippen molar-refractivity contribution in [1.29, 1.82) is 0 Å². The molecule has 0 atom stereocenters. The third kappa shape index (κ3) is 1.04. The number of phenolic OH excluding ortho intramolecular Hbond substituents is 1. The summed E-state index contributed by atoms with van der Waals surface area (Å²) in [6, 6.07) is 3.28. The van der Waals surface area contributed by atoms with E-state index in [9.17, 15) is 5.11 Å². The number of rotatable bonds is 0. The molecule has 13 heavy (non-hydrogen) atoms. The second-order valence-electron chi connectivity index (χ2n) is 3.19. The van der Waals surface area contributed by atoms with E-state index in [-0.39, 0.29) is 5.75 Å². The van der Waals surface area contributed by atoms with Crippen molar-refractivity contribution in [3.63, 3.8) is 0 Å². The molecule has 0 aliphatic rings. The summed E-state index contributed by atoms with van der Waals surface area (Å²) in [5, 5.41) is 10.3. The van der Waals surface area contributed by atoms with Crippen molar-refractivity contribution in [3.8, 4) is 5.75 Å². The molecule has 3 N–H and O–H groups in total. The van der Waals surface area contributed by atoms with E-state index in [1.807, 2.05) is 13.8 Å². The summed E-state index contributed by atoms with van der Waals surface area (Å²) >= 11 is 0. The number of nitrogens with two attached hydrogens (primary N) is 1. The van der Waals surface area contributed by atoms with Crippen LogP contribution in [0.5, 0.6) is 5.75 Å². The van der Waals surface area contributed by atoms with E-state index < -0.39 is 0 Å². The number of furan rings is 1. The Hall–Kier alpha value is -1.64. The molecular formula is C10H11NO2. The molecule has 1 aromatic carbocycles. The Labute approximate surface area is 75.8 Å². The second kappa shape index (κ2) is 2.42. The zero-order valence-electron chi connectivity index (χ0n) is 7.59.